The van der Waals surface area contributed by atoms with Crippen LogP contribution in [0.2, 0.25) is 0 Å². The van der Waals surface area contributed by atoms with Gasteiger partial charge in [0, 0.05) is 31.6 Å². The van der Waals surface area contributed by atoms with Gasteiger partial charge in [-0.15, -0.1) is 0 Å². The number of aliphatic hydroxyl groups excluding tert-OH is 1. The first-order chi connectivity index (χ1) is 21.3. The number of rotatable bonds is 13. The number of carbonyl (C=O) groups is 1. The summed E-state index contributed by atoms with van der Waals surface area (Å²) in [6, 6.07) is 30.0. The van der Waals surface area contributed by atoms with E-state index in [0.717, 1.165) is 0 Å². The van der Waals surface area contributed by atoms with Crippen molar-refractivity contribution in [1.82, 2.24) is 5.32 Å². The summed E-state index contributed by atoms with van der Waals surface area (Å²) in [4.78, 5) is 19.2. The molecule has 0 aliphatic carbocycles. The van der Waals surface area contributed by atoms with E-state index in [1.54, 1.807) is 54.6 Å². The van der Waals surface area contributed by atoms with Crippen molar-refractivity contribution >= 4 is 21.6 Å². The van der Waals surface area contributed by atoms with E-state index in [9.17, 15) is 17.6 Å². The van der Waals surface area contributed by atoms with Crippen LogP contribution in [0, 0.1) is 5.82 Å². The number of aliphatic hydroxyl groups is 1. The Labute approximate surface area is 256 Å². The smallest absolute Gasteiger partial charge is 0.252 e. The molecule has 4 aromatic rings. The molecule has 1 aliphatic heterocycles. The number of amides is 1. The summed E-state index contributed by atoms with van der Waals surface area (Å²) in [6.07, 6.45) is -0.627. The van der Waals surface area contributed by atoms with Crippen LogP contribution in [0.1, 0.15) is 35.6 Å². The van der Waals surface area contributed by atoms with E-state index >= 15 is 0 Å². The Kier molecular flexibility index (Phi) is 9.72. The number of ether oxygens (including phenoxy) is 2. The average Bonchev–Trinajstić information content (AvgIpc) is 3.45. The van der Waals surface area contributed by atoms with Crippen LogP contribution in [0.5, 0.6) is 5.75 Å². The SMILES string of the molecule is O=C(NCc1cccc(F)c1)[C@]1(CCS(=O)(=O)c2ccccc2)N=C(c2ccc(OCCCO)cc2)O[C@@H]1c1ccccc1. The Morgan fingerprint density at radius 1 is 0.955 bits per heavy atom. The lowest BCUT2D eigenvalue weighted by Gasteiger charge is -2.30. The van der Waals surface area contributed by atoms with E-state index in [2.05, 4.69) is 5.32 Å². The highest BCUT2D eigenvalue weighted by molar-refractivity contribution is 7.91. The predicted octanol–water partition coefficient (Wildman–Crippen LogP) is 5.02. The number of carbonyl (C=O) groups excluding carboxylic acids is 1. The molecule has 44 heavy (non-hydrogen) atoms. The lowest BCUT2D eigenvalue weighted by Crippen LogP contribution is -2.49. The van der Waals surface area contributed by atoms with Gasteiger partial charge in [-0.3, -0.25) is 4.79 Å². The summed E-state index contributed by atoms with van der Waals surface area (Å²) in [5, 5.41) is 11.9. The highest BCUT2D eigenvalue weighted by atomic mass is 32.2. The number of halogens is 1. The van der Waals surface area contributed by atoms with Crippen molar-refractivity contribution in [2.45, 2.75) is 35.9 Å². The van der Waals surface area contributed by atoms with Gasteiger partial charge in [-0.2, -0.15) is 0 Å². The molecule has 5 rings (SSSR count). The molecule has 0 bridgehead atoms. The standard InChI is InChI=1S/C34H33FN2O6S/c35-28-12-7-9-25(23-28)24-36-33(39)34(19-22-44(40,41)30-13-5-2-6-14-30)31(26-10-3-1-4-11-26)43-32(37-34)27-15-17-29(18-16-27)42-21-8-20-38/h1-7,9-18,23,31,38H,8,19-22,24H2,(H,36,39)/t31-,34-/m1/s1. The largest absolute Gasteiger partial charge is 0.494 e. The van der Waals surface area contributed by atoms with Crippen LogP contribution >= 0.6 is 0 Å². The Morgan fingerprint density at radius 3 is 2.34 bits per heavy atom. The molecule has 1 aliphatic rings. The fourth-order valence-corrected chi connectivity index (χ4v) is 6.40. The van der Waals surface area contributed by atoms with Gasteiger partial charge in [-0.1, -0.05) is 60.7 Å². The van der Waals surface area contributed by atoms with Crippen LogP contribution in [0.3, 0.4) is 0 Å². The Hall–Kier alpha value is -4.54. The molecule has 8 nitrogen and oxygen atoms in total. The molecule has 0 aromatic heterocycles. The first-order valence-electron chi connectivity index (χ1n) is 14.3. The molecule has 0 fully saturated rings. The molecular weight excluding hydrogens is 583 g/mol. The molecule has 228 valence electrons. The van der Waals surface area contributed by atoms with E-state index < -0.39 is 33.2 Å². The van der Waals surface area contributed by atoms with Crippen LogP contribution in [-0.4, -0.2) is 49.8 Å². The molecule has 0 unspecified atom stereocenters. The van der Waals surface area contributed by atoms with Crippen molar-refractivity contribution in [1.29, 1.82) is 0 Å². The Morgan fingerprint density at radius 2 is 1.66 bits per heavy atom. The van der Waals surface area contributed by atoms with Crippen LogP contribution < -0.4 is 10.1 Å². The van der Waals surface area contributed by atoms with Crippen LogP contribution in [0.25, 0.3) is 0 Å². The second kappa shape index (κ2) is 13.8. The Balaban J connectivity index is 1.53. The quantitative estimate of drug-likeness (QED) is 0.204. The topological polar surface area (TPSA) is 114 Å². The minimum Gasteiger partial charge on any atom is -0.494 e. The fraction of sp³-hybridized carbons (Fsp3) is 0.235. The molecule has 0 spiro atoms. The van der Waals surface area contributed by atoms with Gasteiger partial charge in [-0.25, -0.2) is 17.8 Å². The zero-order valence-electron chi connectivity index (χ0n) is 23.9. The first-order valence-corrected chi connectivity index (χ1v) is 15.9. The van der Waals surface area contributed by atoms with Crippen molar-refractivity contribution in [2.75, 3.05) is 19.0 Å². The molecule has 1 amide bonds. The minimum atomic E-state index is -3.79. The number of nitrogens with zero attached hydrogens (tertiary/aromatic N) is 1. The van der Waals surface area contributed by atoms with Crippen molar-refractivity contribution < 1.29 is 32.2 Å². The van der Waals surface area contributed by atoms with Crippen molar-refractivity contribution in [3.8, 4) is 5.75 Å². The molecule has 0 radical (unpaired) electrons. The predicted molar refractivity (Wildman–Crippen MR) is 165 cm³/mol. The molecule has 0 saturated heterocycles. The second-order valence-electron chi connectivity index (χ2n) is 10.4. The van der Waals surface area contributed by atoms with Gasteiger partial charge in [0.1, 0.15) is 11.6 Å². The second-order valence-corrected chi connectivity index (χ2v) is 12.5. The monoisotopic (exact) mass is 616 g/mol. The lowest BCUT2D eigenvalue weighted by atomic mass is 9.85. The highest BCUT2D eigenvalue weighted by Gasteiger charge is 2.53. The summed E-state index contributed by atoms with van der Waals surface area (Å²) in [6.45, 7) is 0.386. The van der Waals surface area contributed by atoms with Crippen molar-refractivity contribution in [3.63, 3.8) is 0 Å². The summed E-state index contributed by atoms with van der Waals surface area (Å²) in [5.41, 5.74) is 0.100. The zero-order valence-corrected chi connectivity index (χ0v) is 24.8. The van der Waals surface area contributed by atoms with E-state index in [1.807, 2.05) is 30.3 Å². The fourth-order valence-electron chi connectivity index (χ4n) is 5.02. The maximum absolute atomic E-state index is 14.2. The Bertz CT molecular complexity index is 1700. The van der Waals surface area contributed by atoms with Gasteiger partial charge in [0.2, 0.25) is 5.90 Å². The third-order valence-electron chi connectivity index (χ3n) is 7.33. The van der Waals surface area contributed by atoms with E-state index in [0.29, 0.717) is 35.5 Å². The molecular formula is C34H33FN2O6S. The minimum absolute atomic E-state index is 0.00994. The summed E-state index contributed by atoms with van der Waals surface area (Å²) < 4.78 is 52.8. The lowest BCUT2D eigenvalue weighted by molar-refractivity contribution is -0.129. The van der Waals surface area contributed by atoms with Gasteiger partial charge >= 0.3 is 0 Å². The first kappa shape index (κ1) is 30.9. The van der Waals surface area contributed by atoms with Gasteiger partial charge in [0.05, 0.1) is 17.3 Å². The van der Waals surface area contributed by atoms with Gasteiger partial charge in [0.25, 0.3) is 5.91 Å². The summed E-state index contributed by atoms with van der Waals surface area (Å²) in [5.74, 6) is -0.577. The third-order valence-corrected chi connectivity index (χ3v) is 9.06. The van der Waals surface area contributed by atoms with Gasteiger partial charge < -0.3 is 19.9 Å². The number of sulfone groups is 1. The van der Waals surface area contributed by atoms with Crippen molar-refractivity contribution in [3.05, 3.63) is 132 Å². The van der Waals surface area contributed by atoms with Gasteiger partial charge in [-0.05, 0) is 59.7 Å². The molecule has 0 saturated carbocycles. The molecule has 4 aromatic carbocycles. The van der Waals surface area contributed by atoms with E-state index in [1.165, 1.54) is 24.3 Å². The normalized spacial score (nSPS) is 17.9. The van der Waals surface area contributed by atoms with Crippen LogP contribution in [0.15, 0.2) is 119 Å². The van der Waals surface area contributed by atoms with E-state index in [-0.39, 0.29) is 36.1 Å². The summed E-state index contributed by atoms with van der Waals surface area (Å²) in [7, 11) is -3.79. The van der Waals surface area contributed by atoms with Crippen LogP contribution in [-0.2, 0) is 25.9 Å². The number of aliphatic imine (C=N–C) groups is 1. The van der Waals surface area contributed by atoms with Crippen molar-refractivity contribution in [2.24, 2.45) is 4.99 Å². The molecule has 10 heteroatoms. The number of nitrogens with one attached hydrogen (secondary N) is 1. The van der Waals surface area contributed by atoms with E-state index in [4.69, 9.17) is 19.6 Å². The third kappa shape index (κ3) is 7.15. The maximum Gasteiger partial charge on any atom is 0.252 e. The maximum atomic E-state index is 14.2. The average molecular weight is 617 g/mol. The number of benzene rings is 4. The van der Waals surface area contributed by atoms with Gasteiger partial charge in [0.15, 0.2) is 21.5 Å². The zero-order chi connectivity index (χ0) is 31.0. The van der Waals surface area contributed by atoms with Crippen LogP contribution in [0.4, 0.5) is 4.39 Å². The summed E-state index contributed by atoms with van der Waals surface area (Å²) >= 11 is 0. The number of hydrogen-bond acceptors (Lipinski definition) is 7. The number of hydrogen-bond donors (Lipinski definition) is 2. The molecule has 2 N–H and O–H groups in total. The highest BCUT2D eigenvalue weighted by Crippen LogP contribution is 2.43. The molecule has 2 atom stereocenters. The molecule has 1 heterocycles.